The fraction of sp³-hybridized carbons (Fsp3) is 0.500. The fourth-order valence-electron chi connectivity index (χ4n) is 2.18. The summed E-state index contributed by atoms with van der Waals surface area (Å²) < 4.78 is 0. The highest BCUT2D eigenvalue weighted by Crippen LogP contribution is 2.07. The van der Waals surface area contributed by atoms with Crippen molar-refractivity contribution < 1.29 is 4.79 Å². The van der Waals surface area contributed by atoms with Crippen molar-refractivity contribution in [2.24, 2.45) is 5.92 Å². The van der Waals surface area contributed by atoms with Crippen molar-refractivity contribution in [3.05, 3.63) is 35.9 Å². The Bertz CT molecular complexity index is 366. The maximum atomic E-state index is 11.6. The third kappa shape index (κ3) is 5.94. The first-order valence-corrected chi connectivity index (χ1v) is 6.61. The number of amides is 2. The molecular formula is C14H22ClN3O. The van der Waals surface area contributed by atoms with E-state index in [-0.39, 0.29) is 18.4 Å². The summed E-state index contributed by atoms with van der Waals surface area (Å²) in [6.45, 7) is 3.46. The number of hydrogen-bond donors (Lipinski definition) is 3. The van der Waals surface area contributed by atoms with E-state index >= 15 is 0 Å². The molecule has 0 spiro atoms. The van der Waals surface area contributed by atoms with Gasteiger partial charge in [0.1, 0.15) is 0 Å². The van der Waals surface area contributed by atoms with Crippen LogP contribution in [0.4, 0.5) is 4.79 Å². The lowest BCUT2D eigenvalue weighted by atomic mass is 10.00. The molecule has 0 aromatic heterocycles. The van der Waals surface area contributed by atoms with Crippen LogP contribution in [0.3, 0.4) is 0 Å². The number of halogens is 1. The maximum Gasteiger partial charge on any atom is 0.315 e. The minimum atomic E-state index is -0.0792. The number of benzene rings is 1. The van der Waals surface area contributed by atoms with Gasteiger partial charge >= 0.3 is 6.03 Å². The standard InChI is InChI=1S/C14H21N3O.ClH/c18-14(16-10-12-5-2-1-3-6-12)17-11-13-7-4-8-15-9-13;/h1-3,5-6,13,15H,4,7-11H2,(H2,16,17,18);1H. The minimum Gasteiger partial charge on any atom is -0.338 e. The summed E-state index contributed by atoms with van der Waals surface area (Å²) >= 11 is 0. The van der Waals surface area contributed by atoms with E-state index in [9.17, 15) is 4.79 Å². The molecule has 0 saturated carbocycles. The first-order valence-electron chi connectivity index (χ1n) is 6.61. The summed E-state index contributed by atoms with van der Waals surface area (Å²) in [5.74, 6) is 0.571. The van der Waals surface area contributed by atoms with E-state index in [1.165, 1.54) is 12.8 Å². The lowest BCUT2D eigenvalue weighted by Gasteiger charge is -2.22. The van der Waals surface area contributed by atoms with E-state index in [2.05, 4.69) is 16.0 Å². The van der Waals surface area contributed by atoms with Crippen LogP contribution in [-0.4, -0.2) is 25.7 Å². The highest BCUT2D eigenvalue weighted by molar-refractivity contribution is 5.85. The normalized spacial score (nSPS) is 18.2. The average Bonchev–Trinajstić information content (AvgIpc) is 2.45. The Morgan fingerprint density at radius 2 is 2.05 bits per heavy atom. The minimum absolute atomic E-state index is 0. The Balaban J connectivity index is 0.00000180. The van der Waals surface area contributed by atoms with Gasteiger partial charge < -0.3 is 16.0 Å². The molecule has 4 nitrogen and oxygen atoms in total. The summed E-state index contributed by atoms with van der Waals surface area (Å²) in [6.07, 6.45) is 2.41. The van der Waals surface area contributed by atoms with E-state index in [0.717, 1.165) is 25.2 Å². The monoisotopic (exact) mass is 283 g/mol. The average molecular weight is 284 g/mol. The smallest absolute Gasteiger partial charge is 0.315 e. The van der Waals surface area contributed by atoms with E-state index in [0.29, 0.717) is 12.5 Å². The van der Waals surface area contributed by atoms with Gasteiger partial charge in [0, 0.05) is 13.1 Å². The van der Waals surface area contributed by atoms with Crippen LogP contribution in [0.2, 0.25) is 0 Å². The molecule has 1 aliphatic heterocycles. The Hall–Kier alpha value is -1.26. The molecule has 1 heterocycles. The third-order valence-electron chi connectivity index (χ3n) is 3.25. The summed E-state index contributed by atoms with van der Waals surface area (Å²) in [5, 5.41) is 9.15. The number of piperidine rings is 1. The summed E-state index contributed by atoms with van der Waals surface area (Å²) in [6, 6.07) is 9.85. The van der Waals surface area contributed by atoms with Gasteiger partial charge in [0.2, 0.25) is 0 Å². The van der Waals surface area contributed by atoms with Crippen LogP contribution in [0, 0.1) is 5.92 Å². The zero-order chi connectivity index (χ0) is 12.6. The van der Waals surface area contributed by atoms with Crippen molar-refractivity contribution in [1.29, 1.82) is 0 Å². The zero-order valence-corrected chi connectivity index (χ0v) is 11.8. The van der Waals surface area contributed by atoms with Gasteiger partial charge in [-0.2, -0.15) is 0 Å². The molecule has 0 aliphatic carbocycles. The van der Waals surface area contributed by atoms with Gasteiger partial charge in [-0.05, 0) is 37.4 Å². The number of nitrogens with one attached hydrogen (secondary N) is 3. The number of hydrogen-bond acceptors (Lipinski definition) is 2. The molecule has 3 N–H and O–H groups in total. The van der Waals surface area contributed by atoms with Crippen molar-refractivity contribution in [1.82, 2.24) is 16.0 Å². The van der Waals surface area contributed by atoms with E-state index in [1.54, 1.807) is 0 Å². The van der Waals surface area contributed by atoms with Crippen LogP contribution in [0.15, 0.2) is 30.3 Å². The van der Waals surface area contributed by atoms with Crippen LogP contribution < -0.4 is 16.0 Å². The Morgan fingerprint density at radius 3 is 2.74 bits per heavy atom. The van der Waals surface area contributed by atoms with Gasteiger partial charge in [0.25, 0.3) is 0 Å². The van der Waals surface area contributed by atoms with Gasteiger partial charge in [-0.25, -0.2) is 4.79 Å². The molecule has 19 heavy (non-hydrogen) atoms. The van der Waals surface area contributed by atoms with Crippen LogP contribution in [0.25, 0.3) is 0 Å². The molecule has 1 unspecified atom stereocenters. The Kier molecular flexibility index (Phi) is 7.30. The molecule has 2 amide bonds. The lowest BCUT2D eigenvalue weighted by molar-refractivity contribution is 0.236. The van der Waals surface area contributed by atoms with Crippen LogP contribution in [0.1, 0.15) is 18.4 Å². The summed E-state index contributed by atoms with van der Waals surface area (Å²) in [7, 11) is 0. The molecule has 1 atom stereocenters. The third-order valence-corrected chi connectivity index (χ3v) is 3.25. The molecule has 106 valence electrons. The van der Waals surface area contributed by atoms with Gasteiger partial charge in [-0.15, -0.1) is 12.4 Å². The second kappa shape index (κ2) is 8.77. The topological polar surface area (TPSA) is 53.2 Å². The number of carbonyl (C=O) groups is 1. The zero-order valence-electron chi connectivity index (χ0n) is 11.0. The summed E-state index contributed by atoms with van der Waals surface area (Å²) in [4.78, 5) is 11.6. The second-order valence-corrected chi connectivity index (χ2v) is 4.76. The van der Waals surface area contributed by atoms with Crippen molar-refractivity contribution in [3.63, 3.8) is 0 Å². The lowest BCUT2D eigenvalue weighted by Crippen LogP contribution is -2.41. The second-order valence-electron chi connectivity index (χ2n) is 4.76. The summed E-state index contributed by atoms with van der Waals surface area (Å²) in [5.41, 5.74) is 1.12. The SMILES string of the molecule is Cl.O=C(NCc1ccccc1)NCC1CCCNC1. The quantitative estimate of drug-likeness (QED) is 0.791. The van der Waals surface area contributed by atoms with Gasteiger partial charge in [0.05, 0.1) is 0 Å². The highest BCUT2D eigenvalue weighted by Gasteiger charge is 2.13. The predicted octanol–water partition coefficient (Wildman–Crippen LogP) is 1.91. The molecule has 0 bridgehead atoms. The van der Waals surface area contributed by atoms with Crippen molar-refractivity contribution in [2.75, 3.05) is 19.6 Å². The van der Waals surface area contributed by atoms with E-state index < -0.39 is 0 Å². The first kappa shape index (κ1) is 15.8. The molecule has 1 aromatic rings. The molecule has 1 aliphatic rings. The van der Waals surface area contributed by atoms with Gasteiger partial charge in [0.15, 0.2) is 0 Å². The number of carbonyl (C=O) groups excluding carboxylic acids is 1. The molecule has 1 fully saturated rings. The van der Waals surface area contributed by atoms with Crippen molar-refractivity contribution in [2.45, 2.75) is 19.4 Å². The number of rotatable bonds is 4. The Labute approximate surface area is 120 Å². The molecule has 1 saturated heterocycles. The van der Waals surface area contributed by atoms with Gasteiger partial charge in [-0.1, -0.05) is 30.3 Å². The largest absolute Gasteiger partial charge is 0.338 e. The molecule has 5 heteroatoms. The van der Waals surface area contributed by atoms with Crippen molar-refractivity contribution in [3.8, 4) is 0 Å². The van der Waals surface area contributed by atoms with E-state index in [4.69, 9.17) is 0 Å². The fourth-order valence-corrected chi connectivity index (χ4v) is 2.18. The maximum absolute atomic E-state index is 11.6. The Morgan fingerprint density at radius 1 is 1.26 bits per heavy atom. The van der Waals surface area contributed by atoms with E-state index in [1.807, 2.05) is 30.3 Å². The predicted molar refractivity (Wildman–Crippen MR) is 79.5 cm³/mol. The van der Waals surface area contributed by atoms with Crippen LogP contribution in [-0.2, 0) is 6.54 Å². The highest BCUT2D eigenvalue weighted by atomic mass is 35.5. The van der Waals surface area contributed by atoms with Gasteiger partial charge in [-0.3, -0.25) is 0 Å². The number of urea groups is 1. The van der Waals surface area contributed by atoms with Crippen molar-refractivity contribution >= 4 is 18.4 Å². The first-order chi connectivity index (χ1) is 8.84. The molecule has 0 radical (unpaired) electrons. The molecule has 1 aromatic carbocycles. The molecular weight excluding hydrogens is 262 g/mol. The van der Waals surface area contributed by atoms with Crippen LogP contribution >= 0.6 is 12.4 Å². The molecule has 2 rings (SSSR count). The van der Waals surface area contributed by atoms with Crippen LogP contribution in [0.5, 0.6) is 0 Å².